The highest BCUT2D eigenvalue weighted by molar-refractivity contribution is 7.99. The fourth-order valence-electron chi connectivity index (χ4n) is 3.98. The van der Waals surface area contributed by atoms with E-state index in [1.165, 1.54) is 0 Å². The van der Waals surface area contributed by atoms with Gasteiger partial charge in [0.15, 0.2) is 0 Å². The van der Waals surface area contributed by atoms with E-state index in [1.54, 1.807) is 43.4 Å². The molecule has 1 fully saturated rings. The lowest BCUT2D eigenvalue weighted by Crippen LogP contribution is -2.31. The zero-order valence-electron chi connectivity index (χ0n) is 19.0. The van der Waals surface area contributed by atoms with Crippen molar-refractivity contribution >= 4 is 23.4 Å². The molecule has 2 N–H and O–H groups in total. The summed E-state index contributed by atoms with van der Waals surface area (Å²) in [7, 11) is 1.66. The predicted molar refractivity (Wildman–Crippen MR) is 126 cm³/mol. The summed E-state index contributed by atoms with van der Waals surface area (Å²) in [5.41, 5.74) is 9.41. The molecule has 1 aliphatic heterocycles. The highest BCUT2D eigenvalue weighted by Crippen LogP contribution is 2.52. The second-order valence-corrected chi connectivity index (χ2v) is 9.95. The molecule has 7 nitrogen and oxygen atoms in total. The normalized spacial score (nSPS) is 17.1. The smallest absolute Gasteiger partial charge is 0.344 e. The van der Waals surface area contributed by atoms with E-state index in [1.807, 2.05) is 12.1 Å². The van der Waals surface area contributed by atoms with Crippen molar-refractivity contribution in [2.45, 2.75) is 62.3 Å². The fourth-order valence-corrected chi connectivity index (χ4v) is 5.13. The molecule has 32 heavy (non-hydrogen) atoms. The Morgan fingerprint density at radius 2 is 2.00 bits per heavy atom. The number of rotatable bonds is 8. The number of nitrogen functional groups attached to an aromatic ring is 1. The van der Waals surface area contributed by atoms with E-state index in [2.05, 4.69) is 6.92 Å². The lowest BCUT2D eigenvalue weighted by atomic mass is 9.99. The van der Waals surface area contributed by atoms with Gasteiger partial charge in [-0.05, 0) is 57.4 Å². The van der Waals surface area contributed by atoms with Crippen LogP contribution in [0, 0.1) is 0 Å². The van der Waals surface area contributed by atoms with E-state index in [4.69, 9.17) is 19.9 Å². The number of esters is 1. The van der Waals surface area contributed by atoms with Crippen LogP contribution in [0.15, 0.2) is 27.9 Å². The van der Waals surface area contributed by atoms with Gasteiger partial charge in [-0.15, -0.1) is 11.8 Å². The van der Waals surface area contributed by atoms with E-state index in [0.29, 0.717) is 24.7 Å². The lowest BCUT2D eigenvalue weighted by molar-refractivity contribution is 0.0375. The first-order valence-electron chi connectivity index (χ1n) is 11.0. The standard InChI is InChI=1S/C24H30N2O5S/c1-13(2)31-24(28)18-10-16-14(3)32-21-12-20(30-9-5-8-29-4)19(25)11-17(21)22(16)26(23(18)27)15-6-7-15/h10-15H,5-9,25H2,1-4H3. The van der Waals surface area contributed by atoms with Crippen molar-refractivity contribution in [2.75, 3.05) is 26.1 Å². The van der Waals surface area contributed by atoms with E-state index in [0.717, 1.165) is 41.0 Å². The molecule has 4 rings (SSSR count). The van der Waals surface area contributed by atoms with Crippen LogP contribution in [0.4, 0.5) is 5.69 Å². The number of carbonyl (C=O) groups excluding carboxylic acids is 1. The molecule has 0 bridgehead atoms. The number of fused-ring (bicyclic) bond motifs is 3. The Hall–Kier alpha value is -2.45. The predicted octanol–water partition coefficient (Wildman–Crippen LogP) is 4.58. The van der Waals surface area contributed by atoms with Crippen LogP contribution in [0.5, 0.6) is 5.75 Å². The Balaban J connectivity index is 1.80. The van der Waals surface area contributed by atoms with Gasteiger partial charge < -0.3 is 24.5 Å². The van der Waals surface area contributed by atoms with Gasteiger partial charge in [0.25, 0.3) is 5.56 Å². The molecule has 2 aromatic rings. The summed E-state index contributed by atoms with van der Waals surface area (Å²) < 4.78 is 18.1. The number of pyridine rings is 1. The van der Waals surface area contributed by atoms with Crippen LogP contribution in [0.25, 0.3) is 11.3 Å². The third kappa shape index (κ3) is 4.38. The van der Waals surface area contributed by atoms with E-state index >= 15 is 0 Å². The van der Waals surface area contributed by atoms with Gasteiger partial charge in [-0.1, -0.05) is 0 Å². The molecule has 0 spiro atoms. The Morgan fingerprint density at radius 1 is 1.25 bits per heavy atom. The molecule has 8 heteroatoms. The minimum atomic E-state index is -0.565. The Bertz CT molecular complexity index is 1090. The van der Waals surface area contributed by atoms with Gasteiger partial charge in [0.05, 0.1) is 24.1 Å². The third-order valence-corrected chi connectivity index (χ3v) is 6.80. The minimum Gasteiger partial charge on any atom is -0.491 e. The van der Waals surface area contributed by atoms with Crippen molar-refractivity contribution in [3.8, 4) is 17.0 Å². The molecule has 1 aromatic carbocycles. The van der Waals surface area contributed by atoms with Gasteiger partial charge in [0.1, 0.15) is 11.3 Å². The van der Waals surface area contributed by atoms with Crippen LogP contribution in [-0.4, -0.2) is 37.0 Å². The lowest BCUT2D eigenvalue weighted by Gasteiger charge is -2.29. The average molecular weight is 459 g/mol. The number of hydrogen-bond acceptors (Lipinski definition) is 7. The van der Waals surface area contributed by atoms with Crippen LogP contribution in [0.3, 0.4) is 0 Å². The second-order valence-electron chi connectivity index (χ2n) is 8.56. The number of carbonyl (C=O) groups is 1. The Morgan fingerprint density at radius 3 is 2.66 bits per heavy atom. The summed E-state index contributed by atoms with van der Waals surface area (Å²) in [5.74, 6) is 0.0740. The van der Waals surface area contributed by atoms with Crippen molar-refractivity contribution in [3.63, 3.8) is 0 Å². The highest BCUT2D eigenvalue weighted by Gasteiger charge is 2.35. The van der Waals surface area contributed by atoms with Gasteiger partial charge >= 0.3 is 5.97 Å². The number of nitrogens with two attached hydrogens (primary N) is 1. The highest BCUT2D eigenvalue weighted by atomic mass is 32.2. The zero-order chi connectivity index (χ0) is 23.0. The molecule has 2 heterocycles. The summed E-state index contributed by atoms with van der Waals surface area (Å²) in [6.45, 7) is 6.78. The third-order valence-electron chi connectivity index (χ3n) is 5.60. The maximum absolute atomic E-state index is 13.4. The largest absolute Gasteiger partial charge is 0.491 e. The van der Waals surface area contributed by atoms with Crippen molar-refractivity contribution in [1.29, 1.82) is 0 Å². The number of hydrogen-bond donors (Lipinski definition) is 1. The van der Waals surface area contributed by atoms with Crippen molar-refractivity contribution in [1.82, 2.24) is 4.57 Å². The molecule has 2 aliphatic rings. The van der Waals surface area contributed by atoms with E-state index in [-0.39, 0.29) is 28.5 Å². The average Bonchev–Trinajstić information content (AvgIpc) is 3.56. The molecule has 0 saturated heterocycles. The molecule has 1 saturated carbocycles. The first kappa shape index (κ1) is 22.7. The first-order valence-corrected chi connectivity index (χ1v) is 11.9. The van der Waals surface area contributed by atoms with Gasteiger partial charge in [0.2, 0.25) is 0 Å². The van der Waals surface area contributed by atoms with E-state index < -0.39 is 5.97 Å². The number of benzene rings is 1. The van der Waals surface area contributed by atoms with Gasteiger partial charge in [-0.25, -0.2) is 4.79 Å². The molecule has 172 valence electrons. The van der Waals surface area contributed by atoms with Crippen molar-refractivity contribution in [2.24, 2.45) is 0 Å². The van der Waals surface area contributed by atoms with Gasteiger partial charge in [-0.2, -0.15) is 0 Å². The summed E-state index contributed by atoms with van der Waals surface area (Å²) in [6.07, 6.45) is 2.32. The maximum Gasteiger partial charge on any atom is 0.344 e. The van der Waals surface area contributed by atoms with Crippen LogP contribution in [0.2, 0.25) is 0 Å². The summed E-state index contributed by atoms with van der Waals surface area (Å²) >= 11 is 1.67. The van der Waals surface area contributed by atoms with Gasteiger partial charge in [0, 0.05) is 41.9 Å². The van der Waals surface area contributed by atoms with E-state index in [9.17, 15) is 9.59 Å². The molecule has 1 aliphatic carbocycles. The monoisotopic (exact) mass is 458 g/mol. The number of aromatic nitrogens is 1. The van der Waals surface area contributed by atoms with Crippen LogP contribution < -0.4 is 16.0 Å². The SMILES string of the molecule is COCCCOc1cc2c(cc1N)-c1c(cc(C(=O)OC(C)C)c(=O)n1C1CC1)C(C)S2. The molecule has 0 radical (unpaired) electrons. The summed E-state index contributed by atoms with van der Waals surface area (Å²) in [6, 6.07) is 5.66. The van der Waals surface area contributed by atoms with Crippen LogP contribution >= 0.6 is 11.8 Å². The minimum absolute atomic E-state index is 0.0543. The molecular weight excluding hydrogens is 428 g/mol. The van der Waals surface area contributed by atoms with Crippen molar-refractivity contribution in [3.05, 3.63) is 39.7 Å². The van der Waals surface area contributed by atoms with Gasteiger partial charge in [-0.3, -0.25) is 4.79 Å². The molecule has 1 atom stereocenters. The number of ether oxygens (including phenoxy) is 3. The second kappa shape index (κ2) is 9.19. The van der Waals surface area contributed by atoms with Crippen LogP contribution in [0.1, 0.15) is 67.2 Å². The first-order chi connectivity index (χ1) is 15.3. The van der Waals surface area contributed by atoms with Crippen LogP contribution in [-0.2, 0) is 9.47 Å². The number of methoxy groups -OCH3 is 1. The number of anilines is 1. The molecule has 1 aromatic heterocycles. The molecule has 0 amide bonds. The zero-order valence-corrected chi connectivity index (χ0v) is 19.8. The summed E-state index contributed by atoms with van der Waals surface area (Å²) in [4.78, 5) is 27.1. The Kier molecular flexibility index (Phi) is 6.53. The molecular formula is C24H30N2O5S. The quantitative estimate of drug-likeness (QED) is 0.352. The number of thioether (sulfide) groups is 1. The molecule has 1 unspecified atom stereocenters. The topological polar surface area (TPSA) is 92.8 Å². The Labute approximate surface area is 192 Å². The number of nitrogens with zero attached hydrogens (tertiary/aromatic N) is 1. The summed E-state index contributed by atoms with van der Waals surface area (Å²) in [5, 5.41) is 0.0543. The fraction of sp³-hybridized carbons (Fsp3) is 0.500. The maximum atomic E-state index is 13.4. The van der Waals surface area contributed by atoms with Crippen molar-refractivity contribution < 1.29 is 19.0 Å².